The molecule has 3 heteroatoms. The molecule has 1 N–H and O–H groups in total. The van der Waals surface area contributed by atoms with Gasteiger partial charge >= 0.3 is 0 Å². The summed E-state index contributed by atoms with van der Waals surface area (Å²) in [5, 5.41) is 11.4. The summed E-state index contributed by atoms with van der Waals surface area (Å²) in [4.78, 5) is 11.3. The molecule has 4 aliphatic carbocycles. The molecule has 2 fully saturated rings. The Morgan fingerprint density at radius 1 is 1.40 bits per heavy atom. The summed E-state index contributed by atoms with van der Waals surface area (Å²) < 4.78 is 15.1. The highest BCUT2D eigenvalue weighted by Gasteiger charge is 2.64. The molecular formula is C22H29FO2. The van der Waals surface area contributed by atoms with Gasteiger partial charge in [-0.1, -0.05) is 32.4 Å². The SMILES string of the molecule is CC1C[C@H]2[C@@H]3CC(F)C4=C=CCC[C@]4(C)C3=CC[C@]2(C)[C@@]1(O)CC=O. The maximum Gasteiger partial charge on any atom is 0.130 e. The lowest BCUT2D eigenvalue weighted by Gasteiger charge is -2.55. The van der Waals surface area contributed by atoms with Gasteiger partial charge in [0.15, 0.2) is 0 Å². The van der Waals surface area contributed by atoms with Gasteiger partial charge in [-0.25, -0.2) is 4.39 Å². The molecule has 2 saturated carbocycles. The number of aldehydes is 1. The van der Waals surface area contributed by atoms with Gasteiger partial charge in [-0.05, 0) is 55.9 Å². The van der Waals surface area contributed by atoms with Crippen LogP contribution in [0.25, 0.3) is 0 Å². The van der Waals surface area contributed by atoms with E-state index >= 15 is 4.39 Å². The van der Waals surface area contributed by atoms with Crippen LogP contribution in [-0.2, 0) is 4.79 Å². The Hall–Kier alpha value is -1.18. The molecule has 0 radical (unpaired) electrons. The highest BCUT2D eigenvalue weighted by Crippen LogP contribution is 2.67. The number of hydrogen-bond acceptors (Lipinski definition) is 2. The monoisotopic (exact) mass is 344 g/mol. The molecule has 4 rings (SSSR count). The topological polar surface area (TPSA) is 37.3 Å². The number of hydrogen-bond donors (Lipinski definition) is 1. The predicted molar refractivity (Wildman–Crippen MR) is 95.6 cm³/mol. The molecule has 2 nitrogen and oxygen atoms in total. The van der Waals surface area contributed by atoms with Crippen LogP contribution in [0.3, 0.4) is 0 Å². The standard InChI is InChI=1S/C22H29FO2/c1-14-12-18-15-13-19(23)17-6-4-5-8-20(17,2)16(15)7-9-21(18,3)22(14,25)10-11-24/h4,7,11,14-15,18-19,25H,5,8-10,12-13H2,1-3H3/t14?,15-,18+,19?,20-,21+,22-/m1/s1. The summed E-state index contributed by atoms with van der Waals surface area (Å²) in [6.07, 6.45) is 8.42. The lowest BCUT2D eigenvalue weighted by molar-refractivity contribution is -0.129. The van der Waals surface area contributed by atoms with E-state index in [1.54, 1.807) is 0 Å². The molecule has 0 aromatic rings. The lowest BCUT2D eigenvalue weighted by Crippen LogP contribution is -2.53. The first-order valence-corrected chi connectivity index (χ1v) is 9.74. The molecule has 0 heterocycles. The van der Waals surface area contributed by atoms with Crippen molar-refractivity contribution >= 4 is 6.29 Å². The summed E-state index contributed by atoms with van der Waals surface area (Å²) in [6.45, 7) is 6.37. The van der Waals surface area contributed by atoms with E-state index in [1.807, 2.05) is 6.08 Å². The van der Waals surface area contributed by atoms with Crippen LogP contribution in [0.4, 0.5) is 4.39 Å². The van der Waals surface area contributed by atoms with Crippen LogP contribution in [0.2, 0.25) is 0 Å². The largest absolute Gasteiger partial charge is 0.389 e. The minimum atomic E-state index is -0.975. The maximum atomic E-state index is 15.1. The van der Waals surface area contributed by atoms with Crippen molar-refractivity contribution in [1.29, 1.82) is 0 Å². The van der Waals surface area contributed by atoms with Crippen LogP contribution in [0.5, 0.6) is 0 Å². The molecule has 4 aliphatic rings. The van der Waals surface area contributed by atoms with Gasteiger partial charge in [0.2, 0.25) is 0 Å². The fourth-order valence-corrected chi connectivity index (χ4v) is 6.75. The normalized spacial score (nSPS) is 51.1. The number of rotatable bonds is 2. The van der Waals surface area contributed by atoms with Gasteiger partial charge in [0.05, 0.1) is 5.60 Å². The summed E-state index contributed by atoms with van der Waals surface area (Å²) in [6, 6.07) is 0. The quantitative estimate of drug-likeness (QED) is 0.454. The van der Waals surface area contributed by atoms with Gasteiger partial charge in [-0.3, -0.25) is 0 Å². The average molecular weight is 344 g/mol. The zero-order valence-corrected chi connectivity index (χ0v) is 15.5. The van der Waals surface area contributed by atoms with Gasteiger partial charge in [-0.2, -0.15) is 0 Å². The molecule has 136 valence electrons. The zero-order chi connectivity index (χ0) is 18.0. The van der Waals surface area contributed by atoms with E-state index in [9.17, 15) is 9.90 Å². The maximum absolute atomic E-state index is 15.1. The molecule has 0 amide bonds. The predicted octanol–water partition coefficient (Wildman–Crippen LogP) is 4.54. The van der Waals surface area contributed by atoms with E-state index in [4.69, 9.17) is 0 Å². The minimum Gasteiger partial charge on any atom is -0.389 e. The number of alkyl halides is 1. The number of aliphatic hydroxyl groups is 1. The van der Waals surface area contributed by atoms with E-state index in [0.717, 1.165) is 37.5 Å². The van der Waals surface area contributed by atoms with Crippen molar-refractivity contribution in [3.8, 4) is 0 Å². The first-order valence-electron chi connectivity index (χ1n) is 9.74. The molecule has 0 bridgehead atoms. The Labute approximate surface area is 149 Å². The fourth-order valence-electron chi connectivity index (χ4n) is 6.75. The van der Waals surface area contributed by atoms with Crippen molar-refractivity contribution in [3.05, 3.63) is 29.0 Å². The van der Waals surface area contributed by atoms with Gasteiger partial charge in [-0.15, -0.1) is 5.73 Å². The van der Waals surface area contributed by atoms with E-state index < -0.39 is 11.8 Å². The number of fused-ring (bicyclic) bond motifs is 5. The molecule has 2 unspecified atom stereocenters. The van der Waals surface area contributed by atoms with Crippen LogP contribution in [0.15, 0.2) is 29.0 Å². The molecule has 0 aromatic carbocycles. The Kier molecular flexibility index (Phi) is 3.73. The van der Waals surface area contributed by atoms with Crippen LogP contribution in [0, 0.1) is 28.6 Å². The zero-order valence-electron chi connectivity index (χ0n) is 15.5. The Bertz CT molecular complexity index is 703. The average Bonchev–Trinajstić information content (AvgIpc) is 2.76. The van der Waals surface area contributed by atoms with Gasteiger partial charge in [0, 0.05) is 22.8 Å². The van der Waals surface area contributed by atoms with E-state index in [-0.39, 0.29) is 35.0 Å². The first-order chi connectivity index (χ1) is 11.8. The Morgan fingerprint density at radius 2 is 2.16 bits per heavy atom. The van der Waals surface area contributed by atoms with Crippen molar-refractivity contribution in [2.45, 2.75) is 71.1 Å². The van der Waals surface area contributed by atoms with Crippen molar-refractivity contribution in [2.75, 3.05) is 0 Å². The minimum absolute atomic E-state index is 0.0644. The molecule has 7 atom stereocenters. The number of allylic oxidation sites excluding steroid dienone is 3. The highest BCUT2D eigenvalue weighted by atomic mass is 19.1. The Balaban J connectivity index is 1.81. The second kappa shape index (κ2) is 5.41. The molecule has 25 heavy (non-hydrogen) atoms. The smallest absolute Gasteiger partial charge is 0.130 e. The highest BCUT2D eigenvalue weighted by molar-refractivity contribution is 5.53. The fraction of sp³-hybridized carbons (Fsp3) is 0.727. The third-order valence-electron chi connectivity index (χ3n) is 8.31. The van der Waals surface area contributed by atoms with Gasteiger partial charge in [0.25, 0.3) is 0 Å². The van der Waals surface area contributed by atoms with Crippen molar-refractivity contribution < 1.29 is 14.3 Å². The number of carbonyl (C=O) groups is 1. The molecule has 0 aromatic heterocycles. The van der Waals surface area contributed by atoms with Crippen LogP contribution in [-0.4, -0.2) is 23.2 Å². The summed E-state index contributed by atoms with van der Waals surface area (Å²) >= 11 is 0. The second-order valence-corrected chi connectivity index (χ2v) is 9.26. The van der Waals surface area contributed by atoms with E-state index in [0.29, 0.717) is 6.42 Å². The van der Waals surface area contributed by atoms with Crippen LogP contribution in [0.1, 0.15) is 59.3 Å². The third kappa shape index (κ3) is 2.03. The van der Waals surface area contributed by atoms with Gasteiger partial charge in [0.1, 0.15) is 12.5 Å². The van der Waals surface area contributed by atoms with E-state index in [1.165, 1.54) is 5.57 Å². The van der Waals surface area contributed by atoms with Crippen LogP contribution < -0.4 is 0 Å². The second-order valence-electron chi connectivity index (χ2n) is 9.26. The number of halogens is 1. The van der Waals surface area contributed by atoms with Gasteiger partial charge < -0.3 is 9.90 Å². The summed E-state index contributed by atoms with van der Waals surface area (Å²) in [5.41, 5.74) is 3.91. The summed E-state index contributed by atoms with van der Waals surface area (Å²) in [7, 11) is 0. The molecular weight excluding hydrogens is 315 g/mol. The Morgan fingerprint density at radius 3 is 2.88 bits per heavy atom. The number of carbonyl (C=O) groups excluding carboxylic acids is 1. The molecule has 0 aliphatic heterocycles. The van der Waals surface area contributed by atoms with E-state index in [2.05, 4.69) is 32.6 Å². The van der Waals surface area contributed by atoms with Crippen molar-refractivity contribution in [1.82, 2.24) is 0 Å². The first kappa shape index (κ1) is 17.2. The third-order valence-corrected chi connectivity index (χ3v) is 8.31. The summed E-state index contributed by atoms with van der Waals surface area (Å²) in [5.74, 6) is 0.481. The van der Waals surface area contributed by atoms with Crippen molar-refractivity contribution in [2.24, 2.45) is 28.6 Å². The van der Waals surface area contributed by atoms with Crippen molar-refractivity contribution in [3.63, 3.8) is 0 Å². The molecule has 0 saturated heterocycles. The van der Waals surface area contributed by atoms with Crippen LogP contribution >= 0.6 is 0 Å². The molecule has 0 spiro atoms. The lowest BCUT2D eigenvalue weighted by atomic mass is 9.50.